The highest BCUT2D eigenvalue weighted by atomic mass is 16.5. The van der Waals surface area contributed by atoms with Crippen molar-refractivity contribution in [2.75, 3.05) is 7.11 Å². The number of carbonyl (C=O) groups excluding carboxylic acids is 1. The van der Waals surface area contributed by atoms with Crippen LogP contribution in [0.25, 0.3) is 0 Å². The van der Waals surface area contributed by atoms with E-state index in [1.165, 1.54) is 7.11 Å². The van der Waals surface area contributed by atoms with E-state index in [1.54, 1.807) is 24.5 Å². The van der Waals surface area contributed by atoms with E-state index in [2.05, 4.69) is 14.7 Å². The molecule has 0 aliphatic rings. The molecule has 2 heterocycles. The van der Waals surface area contributed by atoms with Crippen molar-refractivity contribution < 1.29 is 9.53 Å². The lowest BCUT2D eigenvalue weighted by Gasteiger charge is -1.95. The number of methoxy groups -OCH3 is 1. The molecule has 0 atom stereocenters. The van der Waals surface area contributed by atoms with Gasteiger partial charge in [-0.3, -0.25) is 4.98 Å². The van der Waals surface area contributed by atoms with Crippen molar-refractivity contribution in [3.8, 4) is 0 Å². The second-order valence-electron chi connectivity index (χ2n) is 2.61. The van der Waals surface area contributed by atoms with Gasteiger partial charge in [0, 0.05) is 24.8 Å². The molecule has 0 spiro atoms. The Balaban J connectivity index is 0.000000187. The van der Waals surface area contributed by atoms with Crippen molar-refractivity contribution in [2.45, 2.75) is 0 Å². The summed E-state index contributed by atoms with van der Waals surface area (Å²) in [7, 11) is 1.35. The first-order valence-electron chi connectivity index (χ1n) is 4.40. The van der Waals surface area contributed by atoms with Crippen LogP contribution in [0.15, 0.2) is 49.1 Å². The zero-order valence-electron chi connectivity index (χ0n) is 8.38. The Kier molecular flexibility index (Phi) is 4.66. The fraction of sp³-hybridized carbons (Fsp3) is 0.0909. The molecule has 4 heteroatoms. The number of aromatic amines is 1. The zero-order chi connectivity index (χ0) is 10.9. The van der Waals surface area contributed by atoms with Crippen molar-refractivity contribution in [3.63, 3.8) is 0 Å². The second kappa shape index (κ2) is 6.37. The molecule has 15 heavy (non-hydrogen) atoms. The number of pyridine rings is 1. The summed E-state index contributed by atoms with van der Waals surface area (Å²) in [4.78, 5) is 17.4. The first kappa shape index (κ1) is 11.0. The number of aromatic nitrogens is 2. The van der Waals surface area contributed by atoms with Gasteiger partial charge in [-0.1, -0.05) is 0 Å². The Morgan fingerprint density at radius 1 is 1.27 bits per heavy atom. The minimum absolute atomic E-state index is 0.331. The topological polar surface area (TPSA) is 55.0 Å². The van der Waals surface area contributed by atoms with E-state index in [-0.39, 0.29) is 5.97 Å². The third-order valence-corrected chi connectivity index (χ3v) is 1.60. The number of nitrogens with one attached hydrogen (secondary N) is 1. The number of ether oxygens (including phenoxy) is 1. The van der Waals surface area contributed by atoms with Gasteiger partial charge >= 0.3 is 5.97 Å². The predicted molar refractivity (Wildman–Crippen MR) is 56.4 cm³/mol. The first-order valence-corrected chi connectivity index (χ1v) is 4.40. The van der Waals surface area contributed by atoms with Crippen molar-refractivity contribution in [3.05, 3.63) is 54.6 Å². The molecule has 0 saturated heterocycles. The lowest BCUT2D eigenvalue weighted by molar-refractivity contribution is 0.0600. The lowest BCUT2D eigenvalue weighted by atomic mass is 10.3. The van der Waals surface area contributed by atoms with Gasteiger partial charge in [0.25, 0.3) is 0 Å². The van der Waals surface area contributed by atoms with Gasteiger partial charge in [0.2, 0.25) is 0 Å². The van der Waals surface area contributed by atoms with E-state index >= 15 is 0 Å². The van der Waals surface area contributed by atoms with Crippen LogP contribution in [0.1, 0.15) is 10.4 Å². The molecule has 0 aliphatic carbocycles. The van der Waals surface area contributed by atoms with Crippen molar-refractivity contribution in [1.29, 1.82) is 0 Å². The maximum absolute atomic E-state index is 10.8. The maximum Gasteiger partial charge on any atom is 0.337 e. The van der Waals surface area contributed by atoms with E-state index in [4.69, 9.17) is 0 Å². The summed E-state index contributed by atoms with van der Waals surface area (Å²) in [6.45, 7) is 0. The summed E-state index contributed by atoms with van der Waals surface area (Å²) in [6, 6.07) is 7.09. The predicted octanol–water partition coefficient (Wildman–Crippen LogP) is 1.88. The third-order valence-electron chi connectivity index (χ3n) is 1.60. The van der Waals surface area contributed by atoms with Crippen molar-refractivity contribution in [2.24, 2.45) is 0 Å². The molecule has 78 valence electrons. The van der Waals surface area contributed by atoms with Gasteiger partial charge in [0.15, 0.2) is 0 Å². The summed E-state index contributed by atoms with van der Waals surface area (Å²) >= 11 is 0. The Hall–Kier alpha value is -2.10. The summed E-state index contributed by atoms with van der Waals surface area (Å²) in [5, 5.41) is 0. The molecule has 0 radical (unpaired) electrons. The van der Waals surface area contributed by atoms with Crippen LogP contribution in [0.2, 0.25) is 0 Å². The highest BCUT2D eigenvalue weighted by molar-refractivity contribution is 5.88. The van der Waals surface area contributed by atoms with Gasteiger partial charge in [-0.05, 0) is 24.3 Å². The molecule has 0 aliphatic heterocycles. The quantitative estimate of drug-likeness (QED) is 0.721. The van der Waals surface area contributed by atoms with Crippen LogP contribution in [-0.4, -0.2) is 23.0 Å². The normalized spacial score (nSPS) is 8.60. The lowest BCUT2D eigenvalue weighted by Crippen LogP contribution is -2.00. The summed E-state index contributed by atoms with van der Waals surface area (Å²) in [6.07, 6.45) is 6.85. The summed E-state index contributed by atoms with van der Waals surface area (Å²) < 4.78 is 4.47. The molecule has 0 amide bonds. The molecule has 0 bridgehead atoms. The summed E-state index contributed by atoms with van der Waals surface area (Å²) in [5.41, 5.74) is 0.525. The van der Waals surface area contributed by atoms with Crippen LogP contribution in [0.3, 0.4) is 0 Å². The van der Waals surface area contributed by atoms with Crippen LogP contribution < -0.4 is 0 Å². The number of hydrogen-bond acceptors (Lipinski definition) is 3. The maximum atomic E-state index is 10.8. The molecule has 0 aromatic carbocycles. The molecule has 2 rings (SSSR count). The van der Waals surface area contributed by atoms with Gasteiger partial charge in [-0.15, -0.1) is 0 Å². The van der Waals surface area contributed by atoms with Crippen molar-refractivity contribution >= 4 is 5.97 Å². The molecular weight excluding hydrogens is 192 g/mol. The molecule has 2 aromatic rings. The molecule has 0 fully saturated rings. The largest absolute Gasteiger partial charge is 0.465 e. The Labute approximate surface area is 87.9 Å². The fourth-order valence-corrected chi connectivity index (χ4v) is 0.884. The molecular formula is C11H12N2O2. The van der Waals surface area contributed by atoms with E-state index in [9.17, 15) is 4.79 Å². The zero-order valence-corrected chi connectivity index (χ0v) is 8.38. The number of esters is 1. The number of nitrogens with zero attached hydrogens (tertiary/aromatic N) is 1. The highest BCUT2D eigenvalue weighted by Gasteiger charge is 2.01. The van der Waals surface area contributed by atoms with Gasteiger partial charge in [-0.25, -0.2) is 4.79 Å². The minimum Gasteiger partial charge on any atom is -0.465 e. The molecule has 2 aromatic heterocycles. The SMILES string of the molecule is COC(=O)c1ccncc1.c1cc[nH]c1. The molecule has 1 N–H and O–H groups in total. The minimum atomic E-state index is -0.331. The van der Waals surface area contributed by atoms with E-state index in [1.807, 2.05) is 24.5 Å². The molecule has 0 saturated carbocycles. The van der Waals surface area contributed by atoms with Crippen LogP contribution in [0.5, 0.6) is 0 Å². The average molecular weight is 204 g/mol. The highest BCUT2D eigenvalue weighted by Crippen LogP contribution is 1.96. The van der Waals surface area contributed by atoms with Crippen LogP contribution in [-0.2, 0) is 4.74 Å². The smallest absolute Gasteiger partial charge is 0.337 e. The number of H-pyrrole nitrogens is 1. The monoisotopic (exact) mass is 204 g/mol. The number of carbonyl (C=O) groups is 1. The van der Waals surface area contributed by atoms with E-state index < -0.39 is 0 Å². The van der Waals surface area contributed by atoms with Gasteiger partial charge in [-0.2, -0.15) is 0 Å². The Morgan fingerprint density at radius 3 is 2.27 bits per heavy atom. The van der Waals surface area contributed by atoms with Gasteiger partial charge < -0.3 is 9.72 Å². The Morgan fingerprint density at radius 2 is 1.87 bits per heavy atom. The molecule has 4 nitrogen and oxygen atoms in total. The van der Waals surface area contributed by atoms with Crippen LogP contribution in [0.4, 0.5) is 0 Å². The third kappa shape index (κ3) is 4.08. The van der Waals surface area contributed by atoms with Gasteiger partial charge in [0.1, 0.15) is 0 Å². The van der Waals surface area contributed by atoms with Crippen molar-refractivity contribution in [1.82, 2.24) is 9.97 Å². The summed E-state index contributed by atoms with van der Waals surface area (Å²) in [5.74, 6) is -0.331. The Bertz CT molecular complexity index is 354. The standard InChI is InChI=1S/C7H7NO2.C4H5N/c1-10-7(9)6-2-4-8-5-3-6;1-2-4-5-3-1/h2-5H,1H3;1-5H. The first-order chi connectivity index (χ1) is 7.34. The van der Waals surface area contributed by atoms with Crippen LogP contribution in [0, 0.1) is 0 Å². The van der Waals surface area contributed by atoms with E-state index in [0.717, 1.165) is 0 Å². The molecule has 0 unspecified atom stereocenters. The average Bonchev–Trinajstić information content (AvgIpc) is 2.88. The van der Waals surface area contributed by atoms with Gasteiger partial charge in [0.05, 0.1) is 12.7 Å². The number of hydrogen-bond donors (Lipinski definition) is 1. The fourth-order valence-electron chi connectivity index (χ4n) is 0.884. The van der Waals surface area contributed by atoms with E-state index in [0.29, 0.717) is 5.56 Å². The van der Waals surface area contributed by atoms with Crippen LogP contribution >= 0.6 is 0 Å². The number of rotatable bonds is 1. The second-order valence-corrected chi connectivity index (χ2v) is 2.61.